The summed E-state index contributed by atoms with van der Waals surface area (Å²) in [5.74, 6) is -5.73. The number of ketones is 3. The van der Waals surface area contributed by atoms with Gasteiger partial charge in [0, 0.05) is 125 Å². The number of nitrogens with zero attached hydrogens (tertiary/aromatic N) is 5. The van der Waals surface area contributed by atoms with Crippen molar-refractivity contribution in [3.63, 3.8) is 0 Å². The second-order valence-electron chi connectivity index (χ2n) is 28.8. The number of likely N-dealkylation sites (N-methyl/N-ethyl adjacent to an activating group) is 2. The Balaban J connectivity index is 1.29. The number of carbonyl (C=O) groups is 10. The number of anilines is 1. The van der Waals surface area contributed by atoms with Crippen LogP contribution in [0.5, 0.6) is 0 Å². The fourth-order valence-corrected chi connectivity index (χ4v) is 13.9. The van der Waals surface area contributed by atoms with Crippen molar-refractivity contribution in [3.8, 4) is 0 Å². The van der Waals surface area contributed by atoms with Crippen molar-refractivity contribution in [2.75, 3.05) is 65.8 Å². The summed E-state index contributed by atoms with van der Waals surface area (Å²) >= 11 is 1.56. The molecule has 2 fully saturated rings. The van der Waals surface area contributed by atoms with E-state index in [-0.39, 0.29) is 96.9 Å². The van der Waals surface area contributed by atoms with Crippen LogP contribution >= 0.6 is 11.3 Å². The molecule has 97 heavy (non-hydrogen) atoms. The highest BCUT2D eigenvalue weighted by molar-refractivity contribution is 7.09. The zero-order valence-electron chi connectivity index (χ0n) is 60.4. The molecule has 538 valence electrons. The lowest BCUT2D eigenvalue weighted by Crippen LogP contribution is -2.54. The molecule has 0 aliphatic carbocycles. The van der Waals surface area contributed by atoms with Crippen LogP contribution in [0, 0.1) is 47.3 Å². The van der Waals surface area contributed by atoms with Gasteiger partial charge in [-0.2, -0.15) is 0 Å². The molecule has 12 atom stereocenters. The van der Waals surface area contributed by atoms with Crippen LogP contribution in [0.25, 0.3) is 0 Å². The van der Waals surface area contributed by atoms with Gasteiger partial charge in [0.05, 0.1) is 35.7 Å². The number of likely N-dealkylation sites (tertiary alicyclic amines) is 1. The second kappa shape index (κ2) is 38.2. The molecule has 2 aliphatic heterocycles. The van der Waals surface area contributed by atoms with Crippen LogP contribution in [0.2, 0.25) is 0 Å². The highest BCUT2D eigenvalue weighted by Crippen LogP contribution is 2.36. The summed E-state index contributed by atoms with van der Waals surface area (Å²) in [6, 6.07) is 12.7. The summed E-state index contributed by atoms with van der Waals surface area (Å²) in [5, 5.41) is 13.6. The molecule has 0 radical (unpaired) electrons. The van der Waals surface area contributed by atoms with Gasteiger partial charge in [0.15, 0.2) is 11.6 Å². The summed E-state index contributed by atoms with van der Waals surface area (Å²) in [5.41, 5.74) is 6.17. The van der Waals surface area contributed by atoms with E-state index < -0.39 is 95.3 Å². The number of ether oxygens (including phenoxy) is 3. The molecule has 2 aromatic carbocycles. The van der Waals surface area contributed by atoms with Gasteiger partial charge in [-0.15, -0.1) is 11.3 Å². The Labute approximate surface area is 579 Å². The Morgan fingerprint density at radius 1 is 0.763 bits per heavy atom. The number of amides is 8. The number of thiazole rings is 1. The number of hydrogen-bond donors (Lipinski definition) is 5. The third kappa shape index (κ3) is 24.3. The number of methoxy groups -OCH3 is 1. The molecule has 6 N–H and O–H groups in total. The van der Waals surface area contributed by atoms with Crippen molar-refractivity contribution in [3.05, 3.63) is 82.3 Å². The number of alkyl carbamates (subject to hydrolysis) is 2. The van der Waals surface area contributed by atoms with E-state index in [0.29, 0.717) is 64.1 Å². The molecule has 3 aromatic rings. The van der Waals surface area contributed by atoms with Gasteiger partial charge < -0.3 is 60.8 Å². The van der Waals surface area contributed by atoms with Crippen LogP contribution in [0.15, 0.2) is 66.2 Å². The highest BCUT2D eigenvalue weighted by atomic mass is 32.1. The molecule has 2 aliphatic rings. The van der Waals surface area contributed by atoms with E-state index in [1.54, 1.807) is 102 Å². The number of nitrogens with one attached hydrogen (secondary N) is 4. The molecular formula is C73H112N10O13S. The fourth-order valence-electron chi connectivity index (χ4n) is 13.2. The van der Waals surface area contributed by atoms with Crippen molar-refractivity contribution in [2.45, 2.75) is 202 Å². The number of Topliss-reactive ketones (excluding diaryl/α,β-unsaturated/α-hetero) is 3. The first-order valence-electron chi connectivity index (χ1n) is 34.7. The number of aromatic nitrogens is 1. The van der Waals surface area contributed by atoms with Gasteiger partial charge in [-0.1, -0.05) is 118 Å². The Kier molecular flexibility index (Phi) is 31.6. The van der Waals surface area contributed by atoms with E-state index in [1.165, 1.54) is 12.1 Å². The standard InChI is InChI=1S/C73H112N10O13S/c1-17-47(8)64(60(94-16)43-61(87)83-33-22-26-56(83)48(9)49(10)57(84)41-53(67-75-32-38-97-67)39-50-23-19-18-20-24-50)81(15)68(89)55(44(2)3)42-59(86)63(46(6)7)78-71(92)95-65(69(90)82-36-34-80(14)35-37-82)51-27-29-54(30-28-51)77-66(88)52(25-21-31-76-70(74)91)40-58(85)62(45(4)5)79-72(93)96-73(11,12)13/h18-20,23-24,27-30,32,38,44-49,52-53,55-56,60,62-65H,17,21-22,25-26,31,33-37,39-43H2,1-16H3,(H,77,88)(H,78,92)(H,79,93)(H3,74,76,91)/t47-,48+,49+,52+,53+,55-,56-,60+,62-,63-,64-,65?/m0/s1. The van der Waals surface area contributed by atoms with E-state index in [1.807, 2.05) is 70.1 Å². The third-order valence-corrected chi connectivity index (χ3v) is 20.2. The molecule has 0 spiro atoms. The minimum atomic E-state index is -1.49. The van der Waals surface area contributed by atoms with E-state index in [2.05, 4.69) is 50.2 Å². The predicted molar refractivity (Wildman–Crippen MR) is 375 cm³/mol. The quantitative estimate of drug-likeness (QED) is 0.0338. The molecule has 0 saturated carbocycles. The number of hydrogen-bond acceptors (Lipinski definition) is 16. The zero-order chi connectivity index (χ0) is 72.0. The number of piperazine rings is 1. The van der Waals surface area contributed by atoms with E-state index in [9.17, 15) is 43.2 Å². The van der Waals surface area contributed by atoms with Crippen LogP contribution in [-0.2, 0) is 54.2 Å². The molecule has 5 rings (SSSR count). The fraction of sp³-hybridized carbons (Fsp3) is 0.658. The predicted octanol–water partition coefficient (Wildman–Crippen LogP) is 9.98. The van der Waals surface area contributed by atoms with Crippen LogP contribution < -0.4 is 27.0 Å². The molecule has 1 aromatic heterocycles. The minimum absolute atomic E-state index is 0.00846. The summed E-state index contributed by atoms with van der Waals surface area (Å²) in [4.78, 5) is 151. The normalized spacial score (nSPS) is 17.9. The van der Waals surface area contributed by atoms with Gasteiger partial charge in [-0.25, -0.2) is 19.4 Å². The lowest BCUT2D eigenvalue weighted by molar-refractivity contribution is -0.148. The number of nitrogens with two attached hydrogens (primary N) is 1. The van der Waals surface area contributed by atoms with Gasteiger partial charge in [0.2, 0.25) is 23.8 Å². The van der Waals surface area contributed by atoms with E-state index in [4.69, 9.17) is 19.9 Å². The molecule has 2 saturated heterocycles. The lowest BCUT2D eigenvalue weighted by atomic mass is 9.81. The van der Waals surface area contributed by atoms with E-state index in [0.717, 1.165) is 23.4 Å². The zero-order valence-corrected chi connectivity index (χ0v) is 61.2. The first-order valence-corrected chi connectivity index (χ1v) is 35.6. The Morgan fingerprint density at radius 2 is 1.38 bits per heavy atom. The summed E-state index contributed by atoms with van der Waals surface area (Å²) in [7, 11) is 5.18. The van der Waals surface area contributed by atoms with Crippen molar-refractivity contribution in [1.29, 1.82) is 0 Å². The van der Waals surface area contributed by atoms with Gasteiger partial charge in [-0.05, 0) is 107 Å². The number of carbonyl (C=O) groups excluding carboxylic acids is 10. The SMILES string of the molecule is CC[C@H](C)[C@@H]([C@@H](CC(=O)N1CCC[C@H]1[C@H](C)[C@@H](C)C(=O)C[C@@H](Cc1ccccc1)c1nccs1)OC)N(C)C(=O)[C@@H](CC(=O)[C@@H](NC(=O)OC(C(=O)N1CCN(C)CC1)c1ccc(NC(=O)[C@H](CCCNC(N)=O)CC(=O)[C@@H](NC(=O)OC(C)(C)C)C(C)C)cc1)C(C)C)C(C)C. The minimum Gasteiger partial charge on any atom is -0.444 e. The van der Waals surface area contributed by atoms with Crippen molar-refractivity contribution >= 4 is 76.2 Å². The second-order valence-corrected chi connectivity index (χ2v) is 29.7. The highest BCUT2D eigenvalue weighted by Gasteiger charge is 2.43. The average Bonchev–Trinajstić information content (AvgIpc) is 1.81. The summed E-state index contributed by atoms with van der Waals surface area (Å²) in [6.07, 6.45) is 0.937. The van der Waals surface area contributed by atoms with Gasteiger partial charge in [0.1, 0.15) is 11.4 Å². The smallest absolute Gasteiger partial charge is 0.408 e. The van der Waals surface area contributed by atoms with Crippen molar-refractivity contribution < 1.29 is 62.2 Å². The van der Waals surface area contributed by atoms with Crippen LogP contribution in [0.4, 0.5) is 20.1 Å². The maximum Gasteiger partial charge on any atom is 0.408 e. The number of primary amides is 1. The topological polar surface area (TPSA) is 298 Å². The summed E-state index contributed by atoms with van der Waals surface area (Å²) < 4.78 is 17.6. The molecule has 1 unspecified atom stereocenters. The lowest BCUT2D eigenvalue weighted by Gasteiger charge is -2.41. The van der Waals surface area contributed by atoms with Gasteiger partial charge in [0.25, 0.3) is 5.91 Å². The molecule has 0 bridgehead atoms. The largest absolute Gasteiger partial charge is 0.444 e. The Hall–Kier alpha value is -7.31. The molecule has 8 amide bonds. The maximum absolute atomic E-state index is 15.0. The van der Waals surface area contributed by atoms with E-state index >= 15 is 4.79 Å². The maximum atomic E-state index is 15.0. The molecule has 24 heteroatoms. The first-order chi connectivity index (χ1) is 45.7. The van der Waals surface area contributed by atoms with Gasteiger partial charge in [-0.3, -0.25) is 33.6 Å². The van der Waals surface area contributed by atoms with Crippen LogP contribution in [0.1, 0.15) is 176 Å². The van der Waals surface area contributed by atoms with Crippen molar-refractivity contribution in [1.82, 2.24) is 40.5 Å². The Morgan fingerprint density at radius 3 is 1.94 bits per heavy atom. The van der Waals surface area contributed by atoms with Crippen LogP contribution in [0.3, 0.4) is 0 Å². The monoisotopic (exact) mass is 1370 g/mol. The number of rotatable bonds is 36. The average molecular weight is 1370 g/mol. The van der Waals surface area contributed by atoms with Gasteiger partial charge >= 0.3 is 18.2 Å². The molecule has 3 heterocycles. The van der Waals surface area contributed by atoms with Crippen molar-refractivity contribution in [2.24, 2.45) is 53.1 Å². The number of urea groups is 1. The molecular weight excluding hydrogens is 1260 g/mol. The first kappa shape index (κ1) is 80.4. The van der Waals surface area contributed by atoms with Crippen LogP contribution in [-0.4, -0.2) is 180 Å². The Bertz CT molecular complexity index is 3060. The molecule has 23 nitrogen and oxygen atoms in total. The number of benzene rings is 2. The third-order valence-electron chi connectivity index (χ3n) is 19.3. The summed E-state index contributed by atoms with van der Waals surface area (Å²) in [6.45, 7) is 26.5.